The van der Waals surface area contributed by atoms with Crippen LogP contribution < -0.4 is 22.7 Å². The van der Waals surface area contributed by atoms with Crippen molar-refractivity contribution in [1.82, 2.24) is 10.2 Å². The van der Waals surface area contributed by atoms with Crippen LogP contribution in [-0.2, 0) is 6.42 Å². The SMILES string of the molecule is CCc1nnc(N)s1.[Br-]. The second-order valence-electron chi connectivity index (χ2n) is 1.39. The number of halogens is 1. The average Bonchev–Trinajstić information content (AvgIpc) is 2.14. The number of hydrogen-bond donors (Lipinski definition) is 1. The molecule has 0 aliphatic rings. The maximum Gasteiger partial charge on any atom is 0.203 e. The lowest BCUT2D eigenvalue weighted by atomic mass is 10.5. The second-order valence-corrected chi connectivity index (χ2v) is 2.48. The van der Waals surface area contributed by atoms with E-state index in [9.17, 15) is 0 Å². The Hall–Kier alpha value is -0.160. The summed E-state index contributed by atoms with van der Waals surface area (Å²) in [4.78, 5) is 0. The number of rotatable bonds is 1. The number of anilines is 1. The normalized spacial score (nSPS) is 8.56. The molecule has 1 rings (SSSR count). The average molecular weight is 209 g/mol. The van der Waals surface area contributed by atoms with Gasteiger partial charge in [-0.2, -0.15) is 0 Å². The number of aryl methyl sites for hydroxylation is 1. The molecule has 1 heterocycles. The van der Waals surface area contributed by atoms with Gasteiger partial charge in [0.1, 0.15) is 5.01 Å². The molecule has 0 atom stereocenters. The van der Waals surface area contributed by atoms with Gasteiger partial charge in [-0.15, -0.1) is 10.2 Å². The Labute approximate surface area is 68.1 Å². The van der Waals surface area contributed by atoms with E-state index in [1.165, 1.54) is 11.3 Å². The summed E-state index contributed by atoms with van der Waals surface area (Å²) in [6, 6.07) is 0. The van der Waals surface area contributed by atoms with E-state index in [0.29, 0.717) is 5.13 Å². The minimum atomic E-state index is 0. The molecule has 1 aromatic rings. The molecule has 0 bridgehead atoms. The zero-order chi connectivity index (χ0) is 5.98. The Bertz CT molecular complexity index is 176. The predicted molar refractivity (Wildman–Crippen MR) is 33.7 cm³/mol. The summed E-state index contributed by atoms with van der Waals surface area (Å²) in [5, 5.41) is 8.97. The maximum absolute atomic E-state index is 5.30. The van der Waals surface area contributed by atoms with Crippen LogP contribution in [0.15, 0.2) is 0 Å². The van der Waals surface area contributed by atoms with E-state index < -0.39 is 0 Å². The van der Waals surface area contributed by atoms with E-state index in [2.05, 4.69) is 10.2 Å². The van der Waals surface area contributed by atoms with Gasteiger partial charge in [-0.3, -0.25) is 0 Å². The summed E-state index contributed by atoms with van der Waals surface area (Å²) in [7, 11) is 0. The van der Waals surface area contributed by atoms with Crippen LogP contribution in [0.5, 0.6) is 0 Å². The summed E-state index contributed by atoms with van der Waals surface area (Å²) in [5.74, 6) is 0. The summed E-state index contributed by atoms with van der Waals surface area (Å²) >= 11 is 1.44. The summed E-state index contributed by atoms with van der Waals surface area (Å²) < 4.78 is 0. The van der Waals surface area contributed by atoms with Crippen molar-refractivity contribution in [3.05, 3.63) is 5.01 Å². The largest absolute Gasteiger partial charge is 1.00 e. The van der Waals surface area contributed by atoms with Crippen LogP contribution in [0, 0.1) is 0 Å². The minimum Gasteiger partial charge on any atom is -1.00 e. The van der Waals surface area contributed by atoms with Gasteiger partial charge in [-0.25, -0.2) is 0 Å². The molecule has 5 heteroatoms. The molecule has 1 aromatic heterocycles. The van der Waals surface area contributed by atoms with Gasteiger partial charge >= 0.3 is 0 Å². The molecular weight excluding hydrogens is 202 g/mol. The molecule has 0 saturated carbocycles. The van der Waals surface area contributed by atoms with E-state index in [1.807, 2.05) is 6.92 Å². The van der Waals surface area contributed by atoms with Crippen molar-refractivity contribution >= 4 is 16.5 Å². The molecule has 0 aromatic carbocycles. The Balaban J connectivity index is 0.000000640. The number of hydrogen-bond acceptors (Lipinski definition) is 4. The minimum absolute atomic E-state index is 0. The van der Waals surface area contributed by atoms with Gasteiger partial charge in [0.15, 0.2) is 0 Å². The predicted octanol–water partition coefficient (Wildman–Crippen LogP) is -2.31. The van der Waals surface area contributed by atoms with Gasteiger partial charge in [0.05, 0.1) is 0 Å². The van der Waals surface area contributed by atoms with Crippen LogP contribution in [0.4, 0.5) is 5.13 Å². The van der Waals surface area contributed by atoms with Gasteiger partial charge in [0, 0.05) is 0 Å². The summed E-state index contributed by atoms with van der Waals surface area (Å²) in [6.07, 6.45) is 0.925. The molecule has 0 amide bonds. The van der Waals surface area contributed by atoms with Crippen LogP contribution >= 0.6 is 11.3 Å². The lowest BCUT2D eigenvalue weighted by Crippen LogP contribution is -3.00. The monoisotopic (exact) mass is 208 g/mol. The molecule has 0 fully saturated rings. The van der Waals surface area contributed by atoms with Crippen molar-refractivity contribution in [3.8, 4) is 0 Å². The van der Waals surface area contributed by atoms with Crippen molar-refractivity contribution in [3.63, 3.8) is 0 Å². The Kier molecular flexibility index (Phi) is 3.72. The zero-order valence-corrected chi connectivity index (χ0v) is 7.37. The highest BCUT2D eigenvalue weighted by molar-refractivity contribution is 7.15. The maximum atomic E-state index is 5.30. The Morgan fingerprint density at radius 3 is 2.44 bits per heavy atom. The summed E-state index contributed by atoms with van der Waals surface area (Å²) in [5.41, 5.74) is 5.30. The van der Waals surface area contributed by atoms with E-state index in [-0.39, 0.29) is 17.0 Å². The number of nitrogens with two attached hydrogens (primary N) is 1. The molecular formula is C4H7BrN3S-. The second kappa shape index (κ2) is 3.79. The number of nitrogens with zero attached hydrogens (tertiary/aromatic N) is 2. The van der Waals surface area contributed by atoms with Crippen molar-refractivity contribution in [2.45, 2.75) is 13.3 Å². The Morgan fingerprint density at radius 1 is 1.56 bits per heavy atom. The number of aromatic nitrogens is 2. The van der Waals surface area contributed by atoms with E-state index in [1.54, 1.807) is 0 Å². The van der Waals surface area contributed by atoms with Crippen LogP contribution in [-0.4, -0.2) is 10.2 Å². The fraction of sp³-hybridized carbons (Fsp3) is 0.500. The third kappa shape index (κ3) is 2.28. The fourth-order valence-corrected chi connectivity index (χ4v) is 0.959. The van der Waals surface area contributed by atoms with Crippen LogP contribution in [0.25, 0.3) is 0 Å². The topological polar surface area (TPSA) is 51.8 Å². The quantitative estimate of drug-likeness (QED) is 0.565. The van der Waals surface area contributed by atoms with Crippen LogP contribution in [0.3, 0.4) is 0 Å². The lowest BCUT2D eigenvalue weighted by molar-refractivity contribution is -0.00000179. The van der Waals surface area contributed by atoms with Crippen LogP contribution in [0.2, 0.25) is 0 Å². The first-order valence-electron chi connectivity index (χ1n) is 2.40. The molecule has 0 aliphatic heterocycles. The van der Waals surface area contributed by atoms with Crippen LogP contribution in [0.1, 0.15) is 11.9 Å². The van der Waals surface area contributed by atoms with Gasteiger partial charge in [0.2, 0.25) is 5.13 Å². The molecule has 0 aliphatic carbocycles. The van der Waals surface area contributed by atoms with E-state index in [0.717, 1.165) is 11.4 Å². The molecule has 0 unspecified atom stereocenters. The Morgan fingerprint density at radius 2 is 2.22 bits per heavy atom. The summed E-state index contributed by atoms with van der Waals surface area (Å²) in [6.45, 7) is 2.03. The first-order chi connectivity index (χ1) is 3.83. The zero-order valence-electron chi connectivity index (χ0n) is 4.97. The molecule has 3 nitrogen and oxygen atoms in total. The smallest absolute Gasteiger partial charge is 0.203 e. The molecule has 0 spiro atoms. The lowest BCUT2D eigenvalue weighted by Gasteiger charge is -1.75. The molecule has 0 radical (unpaired) electrons. The molecule has 52 valence electrons. The third-order valence-corrected chi connectivity index (χ3v) is 1.68. The highest BCUT2D eigenvalue weighted by Gasteiger charge is 1.94. The molecule has 0 saturated heterocycles. The third-order valence-electron chi connectivity index (χ3n) is 0.785. The highest BCUT2D eigenvalue weighted by atomic mass is 79.9. The van der Waals surface area contributed by atoms with Crippen molar-refractivity contribution < 1.29 is 17.0 Å². The van der Waals surface area contributed by atoms with Gasteiger partial charge < -0.3 is 22.7 Å². The van der Waals surface area contributed by atoms with E-state index >= 15 is 0 Å². The van der Waals surface area contributed by atoms with Gasteiger partial charge in [-0.1, -0.05) is 18.3 Å². The molecule has 9 heavy (non-hydrogen) atoms. The first-order valence-corrected chi connectivity index (χ1v) is 3.22. The number of nitrogen functional groups attached to an aromatic ring is 1. The van der Waals surface area contributed by atoms with Gasteiger partial charge in [-0.05, 0) is 6.42 Å². The van der Waals surface area contributed by atoms with Crippen molar-refractivity contribution in [2.75, 3.05) is 5.73 Å². The van der Waals surface area contributed by atoms with Crippen molar-refractivity contribution in [2.24, 2.45) is 0 Å². The molecule has 2 N–H and O–H groups in total. The first kappa shape index (κ1) is 8.84. The van der Waals surface area contributed by atoms with E-state index in [4.69, 9.17) is 5.73 Å². The van der Waals surface area contributed by atoms with Gasteiger partial charge in [0.25, 0.3) is 0 Å². The highest BCUT2D eigenvalue weighted by Crippen LogP contribution is 2.10. The van der Waals surface area contributed by atoms with Crippen molar-refractivity contribution in [1.29, 1.82) is 0 Å². The fourth-order valence-electron chi connectivity index (χ4n) is 0.409. The standard InChI is InChI=1S/C4H7N3S.BrH/c1-2-3-6-7-4(5)8-3;/h2H2,1H3,(H2,5,7);1H/p-1.